The van der Waals surface area contributed by atoms with Gasteiger partial charge < -0.3 is 10.1 Å². The van der Waals surface area contributed by atoms with Crippen LogP contribution in [0, 0.1) is 18.6 Å². The molecule has 1 amide bonds. The molecule has 0 radical (unpaired) electrons. The molecule has 0 bridgehead atoms. The number of carbonyl (C=O) groups excluding carboxylic acids is 2. The smallest absolute Gasteiger partial charge is 0.333 e. The number of hydrogen-bond acceptors (Lipinski definition) is 6. The summed E-state index contributed by atoms with van der Waals surface area (Å²) < 4.78 is 33.5. The lowest BCUT2D eigenvalue weighted by Crippen LogP contribution is -2.36. The molecule has 1 N–H and O–H groups in total. The molecule has 0 unspecified atom stereocenters. The number of rotatable bonds is 6. The number of hydrogen-bond donors (Lipinski definition) is 1. The van der Waals surface area contributed by atoms with Crippen LogP contribution in [0.4, 0.5) is 14.5 Å². The fraction of sp³-hybridized carbons (Fsp3) is 0.190. The molecular formula is C21H18F2N2O4S2. The number of aromatic nitrogens is 1. The zero-order valence-electron chi connectivity index (χ0n) is 16.6. The van der Waals surface area contributed by atoms with Crippen molar-refractivity contribution in [3.63, 3.8) is 0 Å². The average Bonchev–Trinajstić information content (AvgIpc) is 3.23. The summed E-state index contributed by atoms with van der Waals surface area (Å²) >= 11 is 2.50. The number of aryl methyl sites for hydroxylation is 1. The highest BCUT2D eigenvalue weighted by Crippen LogP contribution is 2.16. The number of carbonyl (C=O) groups is 2. The summed E-state index contributed by atoms with van der Waals surface area (Å²) in [5.74, 6) is -3.07. The van der Waals surface area contributed by atoms with Crippen molar-refractivity contribution in [1.82, 2.24) is 4.57 Å². The molecule has 2 heterocycles. The van der Waals surface area contributed by atoms with Crippen molar-refractivity contribution >= 4 is 52.4 Å². The largest absolute Gasteiger partial charge is 0.463 e. The Morgan fingerprint density at radius 1 is 1.26 bits per heavy atom. The van der Waals surface area contributed by atoms with Crippen LogP contribution in [0.25, 0.3) is 12.2 Å². The van der Waals surface area contributed by atoms with Gasteiger partial charge >= 0.3 is 5.97 Å². The van der Waals surface area contributed by atoms with Gasteiger partial charge in [-0.1, -0.05) is 0 Å². The van der Waals surface area contributed by atoms with Crippen LogP contribution in [0.3, 0.4) is 0 Å². The van der Waals surface area contributed by atoms with Gasteiger partial charge in [-0.25, -0.2) is 13.6 Å². The lowest BCUT2D eigenvalue weighted by Gasteiger charge is -2.07. The standard InChI is InChI=1S/C21H18F2N2O4S2/c1-3-29-20(27)10-19-25(11-18(26)24-15-5-4-13(22)8-14(15)23)21(28)17(31-19)9-16-12(2)6-7-30-16/h4-10H,3,11H2,1-2H3,(H,24,26)/b17-9-,19-10-. The molecule has 3 aromatic rings. The Hall–Kier alpha value is -3.11. The Balaban J connectivity index is 2.00. The van der Waals surface area contributed by atoms with Crippen LogP contribution in [0.2, 0.25) is 0 Å². The topological polar surface area (TPSA) is 77.4 Å². The van der Waals surface area contributed by atoms with E-state index in [1.54, 1.807) is 13.0 Å². The first-order chi connectivity index (χ1) is 14.8. The molecule has 0 aliphatic rings. The lowest BCUT2D eigenvalue weighted by molar-refractivity contribution is -0.135. The van der Waals surface area contributed by atoms with E-state index in [1.165, 1.54) is 11.3 Å². The second kappa shape index (κ2) is 9.80. The number of thiazole rings is 1. The molecule has 0 spiro atoms. The molecule has 0 saturated heterocycles. The van der Waals surface area contributed by atoms with Crippen molar-refractivity contribution in [3.05, 3.63) is 71.3 Å². The molecule has 0 atom stereocenters. The first-order valence-corrected chi connectivity index (χ1v) is 10.9. The van der Waals surface area contributed by atoms with Gasteiger partial charge in [0.25, 0.3) is 5.56 Å². The van der Waals surface area contributed by atoms with E-state index in [0.29, 0.717) is 10.6 Å². The molecule has 162 valence electrons. The van der Waals surface area contributed by atoms with Crippen molar-refractivity contribution in [3.8, 4) is 0 Å². The second-order valence-electron chi connectivity index (χ2n) is 6.38. The van der Waals surface area contributed by atoms with Gasteiger partial charge in [0.15, 0.2) is 0 Å². The fourth-order valence-corrected chi connectivity index (χ4v) is 4.60. The molecule has 0 aliphatic heterocycles. The van der Waals surface area contributed by atoms with Gasteiger partial charge in [0.2, 0.25) is 5.91 Å². The first kappa shape index (κ1) is 22.6. The van der Waals surface area contributed by atoms with Gasteiger partial charge in [-0.2, -0.15) is 0 Å². The normalized spacial score (nSPS) is 12.3. The number of esters is 1. The number of benzene rings is 1. The SMILES string of the molecule is CCOC(=O)/C=c1\s/c(=C\c2sccc2C)c(=O)n1CC(=O)Nc1ccc(F)cc1F. The van der Waals surface area contributed by atoms with Gasteiger partial charge in [0.05, 0.1) is 22.9 Å². The highest BCUT2D eigenvalue weighted by molar-refractivity contribution is 7.11. The number of ether oxygens (including phenoxy) is 1. The summed E-state index contributed by atoms with van der Waals surface area (Å²) in [6.07, 6.45) is 2.84. The third-order valence-corrected chi connectivity index (χ3v) is 6.16. The van der Waals surface area contributed by atoms with E-state index in [0.717, 1.165) is 44.6 Å². The molecule has 3 rings (SSSR count). The second-order valence-corrected chi connectivity index (χ2v) is 8.39. The highest BCUT2D eigenvalue weighted by atomic mass is 32.1. The van der Waals surface area contributed by atoms with E-state index in [1.807, 2.05) is 18.4 Å². The number of nitrogens with one attached hydrogen (secondary N) is 1. The zero-order valence-corrected chi connectivity index (χ0v) is 18.2. The molecule has 0 fully saturated rings. The number of thiophene rings is 1. The minimum atomic E-state index is -0.938. The number of halogens is 2. The third-order valence-electron chi connectivity index (χ3n) is 4.14. The summed E-state index contributed by atoms with van der Waals surface area (Å²) in [6, 6.07) is 4.65. The molecule has 0 saturated carbocycles. The van der Waals surface area contributed by atoms with Crippen LogP contribution in [-0.2, 0) is 20.9 Å². The maximum atomic E-state index is 13.8. The summed E-state index contributed by atoms with van der Waals surface area (Å²) in [5, 5.41) is 4.20. The number of anilines is 1. The minimum absolute atomic E-state index is 0.155. The lowest BCUT2D eigenvalue weighted by atomic mass is 10.3. The summed E-state index contributed by atoms with van der Waals surface area (Å²) in [5.41, 5.74) is 0.305. The summed E-state index contributed by atoms with van der Waals surface area (Å²) in [4.78, 5) is 38.2. The van der Waals surface area contributed by atoms with E-state index in [-0.39, 0.29) is 17.0 Å². The van der Waals surface area contributed by atoms with Crippen LogP contribution in [0.1, 0.15) is 17.4 Å². The van der Waals surface area contributed by atoms with Gasteiger partial charge in [-0.05, 0) is 49.1 Å². The Morgan fingerprint density at radius 3 is 2.68 bits per heavy atom. The van der Waals surface area contributed by atoms with Gasteiger partial charge in [0, 0.05) is 10.9 Å². The zero-order chi connectivity index (χ0) is 22.5. The Kier molecular flexibility index (Phi) is 7.13. The summed E-state index contributed by atoms with van der Waals surface area (Å²) in [7, 11) is 0. The van der Waals surface area contributed by atoms with E-state index in [9.17, 15) is 23.2 Å². The highest BCUT2D eigenvalue weighted by Gasteiger charge is 2.13. The van der Waals surface area contributed by atoms with E-state index >= 15 is 0 Å². The molecular weight excluding hydrogens is 446 g/mol. The Labute approximate surface area is 183 Å². The molecule has 10 heteroatoms. The monoisotopic (exact) mass is 464 g/mol. The van der Waals surface area contributed by atoms with E-state index in [4.69, 9.17) is 4.74 Å². The fourth-order valence-electron chi connectivity index (χ4n) is 2.65. The maximum Gasteiger partial charge on any atom is 0.333 e. The van der Waals surface area contributed by atoms with Gasteiger partial charge in [0.1, 0.15) is 22.8 Å². The van der Waals surface area contributed by atoms with E-state index in [2.05, 4.69) is 5.32 Å². The van der Waals surface area contributed by atoms with Crippen molar-refractivity contribution < 1.29 is 23.1 Å². The van der Waals surface area contributed by atoms with Crippen LogP contribution in [-0.4, -0.2) is 23.1 Å². The average molecular weight is 465 g/mol. The predicted molar refractivity (Wildman–Crippen MR) is 117 cm³/mol. The van der Waals surface area contributed by atoms with Crippen LogP contribution in [0.5, 0.6) is 0 Å². The third kappa shape index (κ3) is 5.53. The molecule has 0 aliphatic carbocycles. The molecule has 6 nitrogen and oxygen atoms in total. The van der Waals surface area contributed by atoms with Crippen LogP contribution >= 0.6 is 22.7 Å². The van der Waals surface area contributed by atoms with Crippen molar-refractivity contribution in [1.29, 1.82) is 0 Å². The maximum absolute atomic E-state index is 13.8. The van der Waals surface area contributed by atoms with Gasteiger partial charge in [-0.3, -0.25) is 14.2 Å². The van der Waals surface area contributed by atoms with Crippen LogP contribution in [0.15, 0.2) is 34.4 Å². The summed E-state index contributed by atoms with van der Waals surface area (Å²) in [6.45, 7) is 3.25. The van der Waals surface area contributed by atoms with Crippen molar-refractivity contribution in [2.24, 2.45) is 0 Å². The first-order valence-electron chi connectivity index (χ1n) is 9.17. The van der Waals surface area contributed by atoms with Gasteiger partial charge in [-0.15, -0.1) is 22.7 Å². The Morgan fingerprint density at radius 2 is 2.03 bits per heavy atom. The molecule has 31 heavy (non-hydrogen) atoms. The predicted octanol–water partition coefficient (Wildman–Crippen LogP) is 2.37. The Bertz CT molecular complexity index is 1310. The van der Waals surface area contributed by atoms with Crippen molar-refractivity contribution in [2.75, 3.05) is 11.9 Å². The quantitative estimate of drug-likeness (QED) is 0.569. The van der Waals surface area contributed by atoms with E-state index < -0.39 is 35.6 Å². The molecule has 1 aromatic carbocycles. The van der Waals surface area contributed by atoms with Crippen molar-refractivity contribution in [2.45, 2.75) is 20.4 Å². The number of nitrogens with zero attached hydrogens (tertiary/aromatic N) is 1. The minimum Gasteiger partial charge on any atom is -0.463 e. The number of amides is 1. The molecule has 2 aromatic heterocycles. The van der Waals surface area contributed by atoms with Crippen LogP contribution < -0.4 is 20.1 Å².